The van der Waals surface area contributed by atoms with Gasteiger partial charge in [-0.3, -0.25) is 4.79 Å². The van der Waals surface area contributed by atoms with Crippen molar-refractivity contribution in [3.05, 3.63) is 48.0 Å². The molecule has 2 aliphatic rings. The lowest BCUT2D eigenvalue weighted by molar-refractivity contribution is -0.111. The van der Waals surface area contributed by atoms with Gasteiger partial charge in [0.1, 0.15) is 11.5 Å². The van der Waals surface area contributed by atoms with E-state index in [0.717, 1.165) is 63.2 Å². The molecule has 0 atom stereocenters. The van der Waals surface area contributed by atoms with Crippen LogP contribution in [0.1, 0.15) is 31.7 Å². The molecule has 1 N–H and O–H groups in total. The number of piperazine rings is 1. The Morgan fingerprint density at radius 3 is 2.34 bits per heavy atom. The quantitative estimate of drug-likeness (QED) is 0.484. The maximum absolute atomic E-state index is 13.4. The van der Waals surface area contributed by atoms with Gasteiger partial charge in [0.05, 0.1) is 30.5 Å². The predicted molar refractivity (Wildman–Crippen MR) is 151 cm³/mol. The Hall–Kier alpha value is -3.08. The van der Waals surface area contributed by atoms with Gasteiger partial charge < -0.3 is 24.6 Å². The number of rotatable bonds is 9. The first-order valence-corrected chi connectivity index (χ1v) is 14.6. The number of hydrogen-bond acceptors (Lipinski definition) is 7. The van der Waals surface area contributed by atoms with Gasteiger partial charge in [0, 0.05) is 57.0 Å². The molecule has 0 bridgehead atoms. The van der Waals surface area contributed by atoms with Crippen molar-refractivity contribution in [1.82, 2.24) is 9.21 Å². The largest absolute Gasteiger partial charge is 0.497 e. The van der Waals surface area contributed by atoms with Crippen LogP contribution in [0.25, 0.3) is 6.08 Å². The molecule has 10 heteroatoms. The molecule has 0 aromatic heterocycles. The van der Waals surface area contributed by atoms with Gasteiger partial charge in [-0.1, -0.05) is 13.3 Å². The van der Waals surface area contributed by atoms with Gasteiger partial charge in [0.2, 0.25) is 15.9 Å². The number of piperidine rings is 1. The number of carbonyl (C=O) groups is 1. The molecule has 0 aliphatic carbocycles. The van der Waals surface area contributed by atoms with E-state index in [2.05, 4.69) is 22.0 Å². The summed E-state index contributed by atoms with van der Waals surface area (Å²) in [6.45, 7) is 7.61. The summed E-state index contributed by atoms with van der Waals surface area (Å²) >= 11 is 0. The summed E-state index contributed by atoms with van der Waals surface area (Å²) in [5.74, 6) is 0.879. The fourth-order valence-corrected chi connectivity index (χ4v) is 6.45. The smallest absolute Gasteiger partial charge is 0.248 e. The van der Waals surface area contributed by atoms with Gasteiger partial charge in [0.25, 0.3) is 0 Å². The molecular formula is C28H38N4O5S. The number of hydrogen-bond donors (Lipinski definition) is 1. The summed E-state index contributed by atoms with van der Waals surface area (Å²) < 4.78 is 39.0. The number of benzene rings is 2. The third kappa shape index (κ3) is 6.48. The number of nitrogens with one attached hydrogen (secondary N) is 1. The van der Waals surface area contributed by atoms with Crippen molar-refractivity contribution >= 4 is 33.4 Å². The second-order valence-corrected chi connectivity index (χ2v) is 11.4. The van der Waals surface area contributed by atoms with Gasteiger partial charge >= 0.3 is 0 Å². The number of likely N-dealkylation sites (N-methyl/N-ethyl adjacent to an activating group) is 1. The Balaban J connectivity index is 1.61. The molecule has 2 heterocycles. The second kappa shape index (κ2) is 12.6. The predicted octanol–water partition coefficient (Wildman–Crippen LogP) is 3.67. The SMILES string of the molecule is CCN1CCN(c2ccc(S(=O)(=O)N3CCCCC3)cc2NC(=O)/C=C/c2ccc(OC)cc2OC)CC1. The molecule has 2 aromatic carbocycles. The summed E-state index contributed by atoms with van der Waals surface area (Å²) in [6, 6.07) is 10.4. The molecule has 1 amide bonds. The Labute approximate surface area is 226 Å². The van der Waals surface area contributed by atoms with E-state index in [1.807, 2.05) is 12.1 Å². The number of nitrogens with zero attached hydrogens (tertiary/aromatic N) is 3. The van der Waals surface area contributed by atoms with E-state index < -0.39 is 10.0 Å². The first-order chi connectivity index (χ1) is 18.3. The average molecular weight is 543 g/mol. The Kier molecular flexibility index (Phi) is 9.30. The summed E-state index contributed by atoms with van der Waals surface area (Å²) in [4.78, 5) is 17.8. The van der Waals surface area contributed by atoms with E-state index in [1.165, 1.54) is 6.08 Å². The zero-order valence-electron chi connectivity index (χ0n) is 22.5. The molecule has 0 spiro atoms. The molecule has 2 saturated heterocycles. The molecule has 4 rings (SSSR count). The van der Waals surface area contributed by atoms with Crippen LogP contribution < -0.4 is 19.7 Å². The second-order valence-electron chi connectivity index (χ2n) is 9.50. The number of ether oxygens (including phenoxy) is 2. The minimum atomic E-state index is -3.64. The van der Waals surface area contributed by atoms with E-state index in [1.54, 1.807) is 48.9 Å². The van der Waals surface area contributed by atoms with Gasteiger partial charge in [-0.25, -0.2) is 8.42 Å². The highest BCUT2D eigenvalue weighted by Gasteiger charge is 2.28. The maximum atomic E-state index is 13.4. The molecule has 9 nitrogen and oxygen atoms in total. The van der Waals surface area contributed by atoms with Gasteiger partial charge in [0.15, 0.2) is 0 Å². The minimum Gasteiger partial charge on any atom is -0.497 e. The summed E-state index contributed by atoms with van der Waals surface area (Å²) in [5, 5.41) is 2.95. The highest BCUT2D eigenvalue weighted by atomic mass is 32.2. The number of anilines is 2. The fourth-order valence-electron chi connectivity index (χ4n) is 4.91. The van der Waals surface area contributed by atoms with E-state index in [0.29, 0.717) is 30.3 Å². The topological polar surface area (TPSA) is 91.4 Å². The molecule has 2 fully saturated rings. The average Bonchev–Trinajstić information content (AvgIpc) is 2.96. The standard InChI is InChI=1S/C28H38N4O5S/c1-4-30-16-18-31(19-17-30)26-12-11-24(38(34,35)32-14-6-5-7-15-32)21-25(26)29-28(33)13-9-22-8-10-23(36-2)20-27(22)37-3/h8-13,20-21H,4-7,14-19H2,1-3H3,(H,29,33)/b13-9+. The van der Waals surface area contributed by atoms with Crippen LogP contribution in [0.3, 0.4) is 0 Å². The molecule has 0 radical (unpaired) electrons. The molecule has 0 saturated carbocycles. The molecular weight excluding hydrogens is 504 g/mol. The summed E-state index contributed by atoms with van der Waals surface area (Å²) in [7, 11) is -0.502. The lowest BCUT2D eigenvalue weighted by Crippen LogP contribution is -2.46. The molecule has 2 aliphatic heterocycles. The third-order valence-electron chi connectivity index (χ3n) is 7.19. The van der Waals surface area contributed by atoms with Crippen molar-refractivity contribution in [3.63, 3.8) is 0 Å². The number of carbonyl (C=O) groups excluding carboxylic acids is 1. The summed E-state index contributed by atoms with van der Waals surface area (Å²) in [6.07, 6.45) is 5.86. The van der Waals surface area contributed by atoms with Crippen molar-refractivity contribution in [3.8, 4) is 11.5 Å². The molecule has 38 heavy (non-hydrogen) atoms. The van der Waals surface area contributed by atoms with Crippen LogP contribution in [0.15, 0.2) is 47.4 Å². The van der Waals surface area contributed by atoms with Crippen molar-refractivity contribution in [2.45, 2.75) is 31.1 Å². The van der Waals surface area contributed by atoms with Crippen molar-refractivity contribution in [2.75, 3.05) is 70.2 Å². The normalized spacial score (nSPS) is 17.5. The highest BCUT2D eigenvalue weighted by Crippen LogP contribution is 2.32. The first-order valence-electron chi connectivity index (χ1n) is 13.2. The van der Waals surface area contributed by atoms with Crippen molar-refractivity contribution in [1.29, 1.82) is 0 Å². The maximum Gasteiger partial charge on any atom is 0.248 e. The van der Waals surface area contributed by atoms with E-state index >= 15 is 0 Å². The molecule has 0 unspecified atom stereocenters. The number of sulfonamides is 1. The van der Waals surface area contributed by atoms with Crippen LogP contribution in [0.5, 0.6) is 11.5 Å². The first kappa shape index (κ1) is 27.9. The molecule has 206 valence electrons. The van der Waals surface area contributed by atoms with Gasteiger partial charge in [-0.15, -0.1) is 0 Å². The highest BCUT2D eigenvalue weighted by molar-refractivity contribution is 7.89. The van der Waals surface area contributed by atoms with Crippen LogP contribution in [0.2, 0.25) is 0 Å². The Bertz CT molecular complexity index is 1250. The van der Waals surface area contributed by atoms with E-state index in [-0.39, 0.29) is 10.8 Å². The number of methoxy groups -OCH3 is 2. The van der Waals surface area contributed by atoms with Crippen molar-refractivity contribution < 1.29 is 22.7 Å². The fraction of sp³-hybridized carbons (Fsp3) is 0.464. The summed E-state index contributed by atoms with van der Waals surface area (Å²) in [5.41, 5.74) is 2.03. The monoisotopic (exact) mass is 542 g/mol. The van der Waals surface area contributed by atoms with E-state index in [4.69, 9.17) is 9.47 Å². The van der Waals surface area contributed by atoms with E-state index in [9.17, 15) is 13.2 Å². The van der Waals surface area contributed by atoms with Crippen molar-refractivity contribution in [2.24, 2.45) is 0 Å². The zero-order chi connectivity index (χ0) is 27.1. The Morgan fingerprint density at radius 2 is 1.68 bits per heavy atom. The van der Waals surface area contributed by atoms with Gasteiger partial charge in [-0.2, -0.15) is 4.31 Å². The van der Waals surface area contributed by atoms with Crippen LogP contribution >= 0.6 is 0 Å². The van der Waals surface area contributed by atoms with Crippen LogP contribution in [-0.2, 0) is 14.8 Å². The third-order valence-corrected chi connectivity index (χ3v) is 9.09. The van der Waals surface area contributed by atoms with Crippen LogP contribution in [0.4, 0.5) is 11.4 Å². The zero-order valence-corrected chi connectivity index (χ0v) is 23.3. The van der Waals surface area contributed by atoms with Crippen LogP contribution in [-0.4, -0.2) is 83.6 Å². The van der Waals surface area contributed by atoms with Gasteiger partial charge in [-0.05, 0) is 55.8 Å². The molecule has 2 aromatic rings. The number of amides is 1. The van der Waals surface area contributed by atoms with Crippen LogP contribution in [0, 0.1) is 0 Å². The lowest BCUT2D eigenvalue weighted by Gasteiger charge is -2.36. The lowest BCUT2D eigenvalue weighted by atomic mass is 10.1. The Morgan fingerprint density at radius 1 is 0.947 bits per heavy atom. The minimum absolute atomic E-state index is 0.200.